The monoisotopic (exact) mass is 544 g/mol. The number of para-hydroxylation sites is 1. The third-order valence-electron chi connectivity index (χ3n) is 5.59. The minimum absolute atomic E-state index is 0.0151. The molecule has 39 heavy (non-hydrogen) atoms. The fraction of sp³-hybridized carbons (Fsp3) is 0.269. The summed E-state index contributed by atoms with van der Waals surface area (Å²) < 4.78 is 54.9. The van der Waals surface area contributed by atoms with Gasteiger partial charge in [-0.15, -0.1) is 13.2 Å². The van der Waals surface area contributed by atoms with Gasteiger partial charge in [0.2, 0.25) is 11.8 Å². The van der Waals surface area contributed by atoms with E-state index in [2.05, 4.69) is 25.3 Å². The summed E-state index contributed by atoms with van der Waals surface area (Å²) >= 11 is 0. The van der Waals surface area contributed by atoms with Gasteiger partial charge in [-0.25, -0.2) is 4.98 Å². The van der Waals surface area contributed by atoms with Crippen molar-refractivity contribution in [2.24, 2.45) is 7.05 Å². The molecule has 0 aliphatic rings. The zero-order valence-electron chi connectivity index (χ0n) is 21.7. The molecule has 0 aliphatic carbocycles. The quantitative estimate of drug-likeness (QED) is 0.291. The zero-order chi connectivity index (χ0) is 28.2. The number of carbonyl (C=O) groups is 1. The molecule has 13 heteroatoms. The molecule has 0 saturated carbocycles. The topological polar surface area (TPSA) is 103 Å². The van der Waals surface area contributed by atoms with Crippen LogP contribution in [0.15, 0.2) is 54.7 Å². The van der Waals surface area contributed by atoms with E-state index in [0.717, 1.165) is 18.7 Å². The van der Waals surface area contributed by atoms with E-state index in [0.29, 0.717) is 35.0 Å². The highest BCUT2D eigenvalue weighted by atomic mass is 19.4. The Morgan fingerprint density at radius 1 is 1.10 bits per heavy atom. The molecule has 0 radical (unpaired) electrons. The molecule has 206 valence electrons. The Kier molecular flexibility index (Phi) is 8.10. The number of benzene rings is 2. The van der Waals surface area contributed by atoms with Gasteiger partial charge in [-0.05, 0) is 38.4 Å². The first-order valence-electron chi connectivity index (χ1n) is 11.8. The van der Waals surface area contributed by atoms with Gasteiger partial charge >= 0.3 is 6.36 Å². The third kappa shape index (κ3) is 6.87. The van der Waals surface area contributed by atoms with Crippen LogP contribution in [0.4, 0.5) is 24.8 Å². The average Bonchev–Trinajstić information content (AvgIpc) is 3.21. The number of nitrogens with one attached hydrogen (secondary N) is 2. The number of methoxy groups -OCH3 is 1. The van der Waals surface area contributed by atoms with Crippen LogP contribution in [-0.2, 0) is 7.05 Å². The maximum absolute atomic E-state index is 13.2. The standard InChI is InChI=1S/C26H27F3N6O4/c1-34(2)13-12-31-25-30-11-10-22(33-25)38-21-7-5-6-16-14-19(35(3)23(16)21)24(36)32-18-15-17(39-26(27,28)29)8-9-20(18)37-4/h5-11,14-15H,12-13H2,1-4H3,(H,32,36)(H,30,31,33). The maximum Gasteiger partial charge on any atom is 0.573 e. The second-order valence-electron chi connectivity index (χ2n) is 8.70. The molecule has 4 aromatic rings. The van der Waals surface area contributed by atoms with Crippen LogP contribution in [0.1, 0.15) is 10.5 Å². The van der Waals surface area contributed by atoms with Gasteiger partial charge in [0.1, 0.15) is 17.2 Å². The van der Waals surface area contributed by atoms with Gasteiger partial charge in [-0.1, -0.05) is 12.1 Å². The van der Waals surface area contributed by atoms with E-state index in [4.69, 9.17) is 9.47 Å². The number of nitrogens with zero attached hydrogens (tertiary/aromatic N) is 4. The first-order valence-corrected chi connectivity index (χ1v) is 11.8. The number of fused-ring (bicyclic) bond motifs is 1. The van der Waals surface area contributed by atoms with Crippen molar-refractivity contribution in [3.8, 4) is 23.1 Å². The van der Waals surface area contributed by atoms with E-state index in [1.165, 1.54) is 13.2 Å². The molecule has 0 fully saturated rings. The lowest BCUT2D eigenvalue weighted by atomic mass is 10.2. The molecule has 0 unspecified atom stereocenters. The Morgan fingerprint density at radius 2 is 1.90 bits per heavy atom. The molecule has 2 aromatic heterocycles. The van der Waals surface area contributed by atoms with E-state index < -0.39 is 18.0 Å². The highest BCUT2D eigenvalue weighted by Gasteiger charge is 2.31. The zero-order valence-corrected chi connectivity index (χ0v) is 21.7. The van der Waals surface area contributed by atoms with Crippen molar-refractivity contribution in [3.05, 3.63) is 60.4 Å². The van der Waals surface area contributed by atoms with Crippen molar-refractivity contribution >= 4 is 28.4 Å². The number of anilines is 2. The second-order valence-corrected chi connectivity index (χ2v) is 8.70. The molecule has 0 saturated heterocycles. The number of amides is 1. The number of halogens is 3. The summed E-state index contributed by atoms with van der Waals surface area (Å²) in [6.07, 6.45) is -3.30. The first kappa shape index (κ1) is 27.5. The molecule has 2 aromatic carbocycles. The van der Waals surface area contributed by atoms with Crippen molar-refractivity contribution in [2.45, 2.75) is 6.36 Å². The van der Waals surface area contributed by atoms with E-state index in [9.17, 15) is 18.0 Å². The van der Waals surface area contributed by atoms with E-state index in [-0.39, 0.29) is 17.1 Å². The highest BCUT2D eigenvalue weighted by Crippen LogP contribution is 2.34. The van der Waals surface area contributed by atoms with Gasteiger partial charge in [-0.2, -0.15) is 4.98 Å². The van der Waals surface area contributed by atoms with E-state index >= 15 is 0 Å². The lowest BCUT2D eigenvalue weighted by Gasteiger charge is -2.14. The summed E-state index contributed by atoms with van der Waals surface area (Å²) in [5.74, 6) is 0.273. The number of aromatic nitrogens is 3. The van der Waals surface area contributed by atoms with Gasteiger partial charge < -0.3 is 34.3 Å². The molecule has 4 rings (SSSR count). The molecule has 0 atom stereocenters. The third-order valence-corrected chi connectivity index (χ3v) is 5.59. The minimum Gasteiger partial charge on any atom is -0.495 e. The Balaban J connectivity index is 1.58. The van der Waals surface area contributed by atoms with Crippen LogP contribution >= 0.6 is 0 Å². The fourth-order valence-corrected chi connectivity index (χ4v) is 3.84. The fourth-order valence-electron chi connectivity index (χ4n) is 3.84. The predicted octanol–water partition coefficient (Wildman–Crippen LogP) is 4.89. The van der Waals surface area contributed by atoms with Gasteiger partial charge in [0, 0.05) is 43.9 Å². The van der Waals surface area contributed by atoms with Crippen molar-refractivity contribution in [1.82, 2.24) is 19.4 Å². The van der Waals surface area contributed by atoms with Gasteiger partial charge in [0.25, 0.3) is 5.91 Å². The van der Waals surface area contributed by atoms with Gasteiger partial charge in [-0.3, -0.25) is 4.79 Å². The normalized spacial score (nSPS) is 11.5. The van der Waals surface area contributed by atoms with Gasteiger partial charge in [0.15, 0.2) is 5.75 Å². The Bertz CT molecular complexity index is 1470. The van der Waals surface area contributed by atoms with Crippen molar-refractivity contribution < 1.29 is 32.2 Å². The molecule has 1 amide bonds. The average molecular weight is 545 g/mol. The number of hydrogen-bond donors (Lipinski definition) is 2. The van der Waals surface area contributed by atoms with Gasteiger partial charge in [0.05, 0.1) is 18.3 Å². The van der Waals surface area contributed by atoms with Crippen LogP contribution in [0.3, 0.4) is 0 Å². The smallest absolute Gasteiger partial charge is 0.495 e. The minimum atomic E-state index is -4.88. The summed E-state index contributed by atoms with van der Waals surface area (Å²) in [4.78, 5) is 23.8. The Morgan fingerprint density at radius 3 is 2.62 bits per heavy atom. The number of alkyl halides is 3. The van der Waals surface area contributed by atoms with E-state index in [1.54, 1.807) is 42.1 Å². The molecule has 2 heterocycles. The molecular weight excluding hydrogens is 517 g/mol. The van der Waals surface area contributed by atoms with Crippen LogP contribution in [0.25, 0.3) is 10.9 Å². The maximum atomic E-state index is 13.2. The number of rotatable bonds is 10. The summed E-state index contributed by atoms with van der Waals surface area (Å²) in [5, 5.41) is 6.45. The highest BCUT2D eigenvalue weighted by molar-refractivity contribution is 6.07. The number of carbonyl (C=O) groups excluding carboxylic acids is 1. The second kappa shape index (κ2) is 11.5. The van der Waals surface area contributed by atoms with Crippen LogP contribution in [0, 0.1) is 0 Å². The number of likely N-dealkylation sites (N-methyl/N-ethyl adjacent to an activating group) is 1. The Hall–Kier alpha value is -4.52. The lowest BCUT2D eigenvalue weighted by Crippen LogP contribution is -2.21. The van der Waals surface area contributed by atoms with Crippen LogP contribution in [0.2, 0.25) is 0 Å². The molecule has 2 N–H and O–H groups in total. The van der Waals surface area contributed by atoms with E-state index in [1.807, 2.05) is 25.1 Å². The van der Waals surface area contributed by atoms with Crippen LogP contribution in [-0.4, -0.2) is 66.0 Å². The molecular formula is C26H27F3N6O4. The Labute approximate surface area is 222 Å². The summed E-state index contributed by atoms with van der Waals surface area (Å²) in [6.45, 7) is 1.45. The summed E-state index contributed by atoms with van der Waals surface area (Å²) in [6, 6.07) is 12.0. The molecule has 0 bridgehead atoms. The number of ether oxygens (including phenoxy) is 3. The number of aryl methyl sites for hydroxylation is 1. The number of hydrogen-bond acceptors (Lipinski definition) is 8. The first-order chi connectivity index (χ1) is 18.5. The van der Waals surface area contributed by atoms with Crippen molar-refractivity contribution in [3.63, 3.8) is 0 Å². The van der Waals surface area contributed by atoms with Crippen LogP contribution in [0.5, 0.6) is 23.1 Å². The van der Waals surface area contributed by atoms with Crippen molar-refractivity contribution in [2.75, 3.05) is 44.9 Å². The molecule has 0 spiro atoms. The van der Waals surface area contributed by atoms with Crippen molar-refractivity contribution in [1.29, 1.82) is 0 Å². The SMILES string of the molecule is COc1ccc(OC(F)(F)F)cc1NC(=O)c1cc2cccc(Oc3ccnc(NCCN(C)C)n3)c2n1C. The lowest BCUT2D eigenvalue weighted by molar-refractivity contribution is -0.274. The summed E-state index contributed by atoms with van der Waals surface area (Å²) in [7, 11) is 6.95. The summed E-state index contributed by atoms with van der Waals surface area (Å²) in [5.41, 5.74) is 0.865. The van der Waals surface area contributed by atoms with Crippen LogP contribution < -0.4 is 24.8 Å². The molecule has 0 aliphatic heterocycles. The molecule has 10 nitrogen and oxygen atoms in total. The predicted molar refractivity (Wildman–Crippen MR) is 140 cm³/mol. The largest absolute Gasteiger partial charge is 0.573 e.